The number of pyridine rings is 1. The summed E-state index contributed by atoms with van der Waals surface area (Å²) in [5.41, 5.74) is 1.73. The zero-order chi connectivity index (χ0) is 23.1. The van der Waals surface area contributed by atoms with Crippen LogP contribution in [0.4, 0.5) is 9.18 Å². The zero-order valence-electron chi connectivity index (χ0n) is 18.9. The number of amides is 2. The molecule has 0 bridgehead atoms. The van der Waals surface area contributed by atoms with Gasteiger partial charge < -0.3 is 29.7 Å². The minimum absolute atomic E-state index is 0.120. The minimum Gasteiger partial charge on any atom is -0.481 e. The average Bonchev–Trinajstić information content (AvgIpc) is 3.66. The van der Waals surface area contributed by atoms with Crippen LogP contribution in [0.5, 0.6) is 5.88 Å². The van der Waals surface area contributed by atoms with Crippen molar-refractivity contribution in [1.82, 2.24) is 20.5 Å². The van der Waals surface area contributed by atoms with Gasteiger partial charge in [-0.05, 0) is 44.2 Å². The quantitative estimate of drug-likeness (QED) is 0.522. The predicted molar refractivity (Wildman–Crippen MR) is 115 cm³/mol. The second kappa shape index (κ2) is 11.4. The molecule has 1 aromatic rings. The molecular formula is C22H33FN4O5. The molecule has 0 radical (unpaired) electrons. The van der Waals surface area contributed by atoms with Gasteiger partial charge in [-0.25, -0.2) is 14.2 Å². The number of methoxy groups -OCH3 is 2. The van der Waals surface area contributed by atoms with Gasteiger partial charge in [0.05, 0.1) is 26.4 Å². The molecule has 1 aliphatic carbocycles. The Morgan fingerprint density at radius 3 is 2.78 bits per heavy atom. The lowest BCUT2D eigenvalue weighted by molar-refractivity contribution is -0.154. The van der Waals surface area contributed by atoms with Gasteiger partial charge in [0.2, 0.25) is 5.88 Å². The normalized spacial score (nSPS) is 21.5. The number of morpholine rings is 1. The van der Waals surface area contributed by atoms with E-state index < -0.39 is 25.0 Å². The number of aryl methyl sites for hydroxylation is 1. The summed E-state index contributed by atoms with van der Waals surface area (Å²) in [6.45, 7) is 2.62. The van der Waals surface area contributed by atoms with Crippen LogP contribution in [0.25, 0.3) is 0 Å². The first-order valence-corrected chi connectivity index (χ1v) is 11.1. The molecule has 3 rings (SSSR count). The number of nitrogens with one attached hydrogen (secondary N) is 2. The number of rotatable bonds is 10. The van der Waals surface area contributed by atoms with E-state index in [0.29, 0.717) is 38.4 Å². The van der Waals surface area contributed by atoms with Gasteiger partial charge in [-0.15, -0.1) is 0 Å². The van der Waals surface area contributed by atoms with Crippen LogP contribution >= 0.6 is 0 Å². The van der Waals surface area contributed by atoms with Crippen LogP contribution in [0.2, 0.25) is 0 Å². The van der Waals surface area contributed by atoms with Gasteiger partial charge >= 0.3 is 6.09 Å². The molecule has 32 heavy (non-hydrogen) atoms. The van der Waals surface area contributed by atoms with Crippen LogP contribution in [-0.2, 0) is 20.7 Å². The third-order valence-corrected chi connectivity index (χ3v) is 5.75. The molecule has 2 amide bonds. The first-order valence-electron chi connectivity index (χ1n) is 11.1. The van der Waals surface area contributed by atoms with Crippen molar-refractivity contribution in [3.63, 3.8) is 0 Å². The fraction of sp³-hybridized carbons (Fsp3) is 0.682. The van der Waals surface area contributed by atoms with Crippen molar-refractivity contribution in [2.75, 3.05) is 40.5 Å². The summed E-state index contributed by atoms with van der Waals surface area (Å²) in [5, 5.41) is 5.75. The molecule has 1 aliphatic heterocycles. The summed E-state index contributed by atoms with van der Waals surface area (Å²) < 4.78 is 28.7. The number of aromatic nitrogens is 1. The monoisotopic (exact) mass is 452 g/mol. The molecule has 2 heterocycles. The van der Waals surface area contributed by atoms with Crippen molar-refractivity contribution < 1.29 is 28.2 Å². The number of nitrogens with zero attached hydrogens (tertiary/aromatic N) is 2. The SMILES string of the molecule is COC(=O)NCCCc1cc([C@H](C)N(C(=O)[C@H]2CNC[C@@H](CF)O2)C2CC2)cc(OC)n1. The number of alkyl halides is 1. The Morgan fingerprint density at radius 2 is 2.12 bits per heavy atom. The zero-order valence-corrected chi connectivity index (χ0v) is 18.9. The van der Waals surface area contributed by atoms with Crippen molar-refractivity contribution in [2.24, 2.45) is 0 Å². The third kappa shape index (κ3) is 6.29. The Hall–Kier alpha value is -2.46. The largest absolute Gasteiger partial charge is 0.481 e. The van der Waals surface area contributed by atoms with Crippen LogP contribution < -0.4 is 15.4 Å². The molecule has 1 saturated heterocycles. The Bertz CT molecular complexity index is 792. The molecule has 0 spiro atoms. The smallest absolute Gasteiger partial charge is 0.406 e. The molecule has 3 atom stereocenters. The summed E-state index contributed by atoms with van der Waals surface area (Å²) in [5.74, 6) is 0.354. The topological polar surface area (TPSA) is 102 Å². The summed E-state index contributed by atoms with van der Waals surface area (Å²) in [6.07, 6.45) is 1.44. The lowest BCUT2D eigenvalue weighted by Gasteiger charge is -2.36. The maximum absolute atomic E-state index is 13.3. The van der Waals surface area contributed by atoms with Crippen molar-refractivity contribution in [3.05, 3.63) is 23.4 Å². The highest BCUT2D eigenvalue weighted by Gasteiger charge is 2.41. The van der Waals surface area contributed by atoms with E-state index in [-0.39, 0.29) is 18.0 Å². The maximum atomic E-state index is 13.3. The van der Waals surface area contributed by atoms with Crippen molar-refractivity contribution in [2.45, 2.75) is 56.9 Å². The van der Waals surface area contributed by atoms with E-state index in [0.717, 1.165) is 24.1 Å². The lowest BCUT2D eigenvalue weighted by Crippen LogP contribution is -2.54. The second-order valence-corrected chi connectivity index (χ2v) is 8.17. The third-order valence-electron chi connectivity index (χ3n) is 5.75. The second-order valence-electron chi connectivity index (χ2n) is 8.17. The van der Waals surface area contributed by atoms with E-state index in [1.807, 2.05) is 24.0 Å². The van der Waals surface area contributed by atoms with Crippen LogP contribution in [0.3, 0.4) is 0 Å². The van der Waals surface area contributed by atoms with Crippen LogP contribution in [0, 0.1) is 0 Å². The summed E-state index contributed by atoms with van der Waals surface area (Å²) >= 11 is 0. The van der Waals surface area contributed by atoms with Crippen LogP contribution in [0.15, 0.2) is 12.1 Å². The van der Waals surface area contributed by atoms with E-state index in [2.05, 4.69) is 20.4 Å². The standard InChI is InChI=1S/C22H33FN4O5/c1-14(27(17-6-7-17)21(28)19-13-24-12-18(11-23)32-19)15-9-16(26-20(10-15)30-2)5-4-8-25-22(29)31-3/h9-10,14,17-19,24H,4-8,11-13H2,1-3H3,(H,25,29)/t14-,18+,19+/m0/s1. The molecule has 0 unspecified atom stereocenters. The molecule has 9 nitrogen and oxygen atoms in total. The molecular weight excluding hydrogens is 419 g/mol. The molecule has 2 N–H and O–H groups in total. The van der Waals surface area contributed by atoms with Gasteiger partial charge in [0.15, 0.2) is 0 Å². The van der Waals surface area contributed by atoms with Gasteiger partial charge in [0, 0.05) is 37.4 Å². The number of alkyl carbamates (subject to hydrolysis) is 1. The van der Waals surface area contributed by atoms with Crippen LogP contribution in [0.1, 0.15) is 43.5 Å². The fourth-order valence-corrected chi connectivity index (χ4v) is 3.90. The first kappa shape index (κ1) is 24.2. The average molecular weight is 453 g/mol. The maximum Gasteiger partial charge on any atom is 0.406 e. The number of ether oxygens (including phenoxy) is 3. The molecule has 0 aromatic carbocycles. The number of carbonyl (C=O) groups is 2. The van der Waals surface area contributed by atoms with E-state index in [9.17, 15) is 14.0 Å². The molecule has 1 saturated carbocycles. The van der Waals surface area contributed by atoms with Gasteiger partial charge in [0.25, 0.3) is 5.91 Å². The molecule has 178 valence electrons. The number of halogens is 1. The van der Waals surface area contributed by atoms with E-state index in [1.165, 1.54) is 7.11 Å². The van der Waals surface area contributed by atoms with Gasteiger partial charge in [-0.2, -0.15) is 0 Å². The fourth-order valence-electron chi connectivity index (χ4n) is 3.90. The lowest BCUT2D eigenvalue weighted by atomic mass is 10.0. The van der Waals surface area contributed by atoms with E-state index >= 15 is 0 Å². The Morgan fingerprint density at radius 1 is 1.34 bits per heavy atom. The van der Waals surface area contributed by atoms with Gasteiger partial charge in [-0.1, -0.05) is 0 Å². The minimum atomic E-state index is -0.694. The molecule has 10 heteroatoms. The predicted octanol–water partition coefficient (Wildman–Crippen LogP) is 1.76. The highest BCUT2D eigenvalue weighted by atomic mass is 19.1. The molecule has 2 aliphatic rings. The van der Waals surface area contributed by atoms with E-state index in [4.69, 9.17) is 9.47 Å². The Labute approximate surface area is 188 Å². The highest BCUT2D eigenvalue weighted by Crippen LogP contribution is 2.36. The van der Waals surface area contributed by atoms with Gasteiger partial charge in [0.1, 0.15) is 12.8 Å². The highest BCUT2D eigenvalue weighted by molar-refractivity contribution is 5.82. The van der Waals surface area contributed by atoms with Crippen molar-refractivity contribution >= 4 is 12.0 Å². The Balaban J connectivity index is 1.72. The summed E-state index contributed by atoms with van der Waals surface area (Å²) in [4.78, 5) is 30.9. The van der Waals surface area contributed by atoms with Crippen molar-refractivity contribution in [1.29, 1.82) is 0 Å². The number of carbonyl (C=O) groups excluding carboxylic acids is 2. The summed E-state index contributed by atoms with van der Waals surface area (Å²) in [7, 11) is 2.88. The van der Waals surface area contributed by atoms with E-state index in [1.54, 1.807) is 7.11 Å². The number of hydrogen-bond donors (Lipinski definition) is 2. The van der Waals surface area contributed by atoms with Crippen LogP contribution in [-0.4, -0.2) is 80.7 Å². The van der Waals surface area contributed by atoms with Crippen molar-refractivity contribution in [3.8, 4) is 5.88 Å². The number of hydrogen-bond acceptors (Lipinski definition) is 7. The molecule has 2 fully saturated rings. The molecule has 1 aromatic heterocycles. The first-order chi connectivity index (χ1) is 15.5. The van der Waals surface area contributed by atoms with Gasteiger partial charge in [-0.3, -0.25) is 4.79 Å². The summed E-state index contributed by atoms with van der Waals surface area (Å²) in [6, 6.07) is 3.75. The Kier molecular flexibility index (Phi) is 8.63.